The van der Waals surface area contributed by atoms with Crippen molar-refractivity contribution in [3.05, 3.63) is 35.7 Å². The lowest BCUT2D eigenvalue weighted by Crippen LogP contribution is -2.05. The quantitative estimate of drug-likeness (QED) is 0.760. The van der Waals surface area contributed by atoms with Crippen molar-refractivity contribution in [3.63, 3.8) is 0 Å². The Hall–Kier alpha value is -2.77. The Bertz CT molecular complexity index is 612. The first kappa shape index (κ1) is 10.7. The smallest absolute Gasteiger partial charge is 0.235 e. The molecule has 17 heavy (non-hydrogen) atoms. The molecule has 2 N–H and O–H groups in total. The van der Waals surface area contributed by atoms with Crippen LogP contribution >= 0.6 is 0 Å². The average Bonchev–Trinajstić information content (AvgIpc) is 2.81. The number of imidazole rings is 1. The third-order valence-corrected chi connectivity index (χ3v) is 2.12. The molecule has 7 nitrogen and oxygen atoms in total. The lowest BCUT2D eigenvalue weighted by Gasteiger charge is -2.01. The second kappa shape index (κ2) is 4.39. The van der Waals surface area contributed by atoms with Crippen molar-refractivity contribution < 1.29 is 0 Å². The fourth-order valence-electron chi connectivity index (χ4n) is 1.27. The van der Waals surface area contributed by atoms with Crippen LogP contribution in [0.5, 0.6) is 0 Å². The van der Waals surface area contributed by atoms with Gasteiger partial charge in [-0.1, -0.05) is 0 Å². The SMILES string of the molecule is N#Cc1ncn(-c2ncc(CN)cn2)c1C#N. The first-order valence-electron chi connectivity index (χ1n) is 4.69. The highest BCUT2D eigenvalue weighted by Crippen LogP contribution is 2.09. The van der Waals surface area contributed by atoms with Crippen LogP contribution in [-0.4, -0.2) is 19.5 Å². The fraction of sp³-hybridized carbons (Fsp3) is 0.100. The second-order valence-corrected chi connectivity index (χ2v) is 3.13. The molecule has 0 amide bonds. The van der Waals surface area contributed by atoms with Gasteiger partial charge in [0.15, 0.2) is 11.4 Å². The maximum Gasteiger partial charge on any atom is 0.235 e. The highest BCUT2D eigenvalue weighted by Gasteiger charge is 2.12. The van der Waals surface area contributed by atoms with E-state index in [4.69, 9.17) is 16.3 Å². The minimum atomic E-state index is 0.0546. The summed E-state index contributed by atoms with van der Waals surface area (Å²) in [5, 5.41) is 17.7. The second-order valence-electron chi connectivity index (χ2n) is 3.13. The topological polar surface area (TPSA) is 117 Å². The minimum Gasteiger partial charge on any atom is -0.326 e. The largest absolute Gasteiger partial charge is 0.326 e. The van der Waals surface area contributed by atoms with Gasteiger partial charge in [0.1, 0.15) is 18.5 Å². The van der Waals surface area contributed by atoms with E-state index in [-0.39, 0.29) is 17.3 Å². The standard InChI is InChI=1S/C10H7N7/c11-1-7-4-14-10(15-5-7)17-6-16-8(2-12)9(17)3-13/h4-6H,1,11H2. The molecule has 0 aliphatic heterocycles. The van der Waals surface area contributed by atoms with Gasteiger partial charge in [-0.2, -0.15) is 10.5 Å². The van der Waals surface area contributed by atoms with E-state index < -0.39 is 0 Å². The molecule has 0 radical (unpaired) electrons. The zero-order chi connectivity index (χ0) is 12.3. The summed E-state index contributed by atoms with van der Waals surface area (Å²) in [5.74, 6) is 0.285. The van der Waals surface area contributed by atoms with E-state index in [2.05, 4.69) is 15.0 Å². The van der Waals surface area contributed by atoms with Crippen molar-refractivity contribution in [2.45, 2.75) is 6.54 Å². The van der Waals surface area contributed by atoms with E-state index in [1.54, 1.807) is 12.4 Å². The van der Waals surface area contributed by atoms with Crippen LogP contribution in [0, 0.1) is 22.7 Å². The molecule has 0 saturated carbocycles. The van der Waals surface area contributed by atoms with Crippen molar-refractivity contribution in [1.29, 1.82) is 10.5 Å². The highest BCUT2D eigenvalue weighted by molar-refractivity contribution is 5.39. The van der Waals surface area contributed by atoms with Crippen molar-refractivity contribution in [3.8, 4) is 18.1 Å². The zero-order valence-corrected chi connectivity index (χ0v) is 8.70. The predicted molar refractivity (Wildman–Crippen MR) is 56.5 cm³/mol. The first-order valence-corrected chi connectivity index (χ1v) is 4.69. The molecular formula is C10H7N7. The molecule has 0 unspecified atom stereocenters. The number of rotatable bonds is 2. The molecule has 0 aliphatic rings. The maximum absolute atomic E-state index is 8.94. The minimum absolute atomic E-state index is 0.0546. The molecule has 0 saturated heterocycles. The fourth-order valence-corrected chi connectivity index (χ4v) is 1.27. The lowest BCUT2D eigenvalue weighted by atomic mass is 10.3. The average molecular weight is 225 g/mol. The molecule has 0 atom stereocenters. The lowest BCUT2D eigenvalue weighted by molar-refractivity contribution is 0.892. The van der Waals surface area contributed by atoms with Gasteiger partial charge in [0.2, 0.25) is 5.95 Å². The van der Waals surface area contributed by atoms with Gasteiger partial charge in [-0.25, -0.2) is 15.0 Å². The van der Waals surface area contributed by atoms with E-state index >= 15 is 0 Å². The molecule has 2 aromatic heterocycles. The molecule has 0 aromatic carbocycles. The predicted octanol–water partition coefficient (Wildman–Crippen LogP) is -0.136. The van der Waals surface area contributed by atoms with Gasteiger partial charge < -0.3 is 5.73 Å². The summed E-state index contributed by atoms with van der Waals surface area (Å²) in [7, 11) is 0. The summed E-state index contributed by atoms with van der Waals surface area (Å²) in [5.41, 5.74) is 6.38. The van der Waals surface area contributed by atoms with Gasteiger partial charge in [0.25, 0.3) is 0 Å². The summed E-state index contributed by atoms with van der Waals surface area (Å²) < 4.78 is 1.36. The third kappa shape index (κ3) is 1.83. The van der Waals surface area contributed by atoms with Crippen molar-refractivity contribution in [1.82, 2.24) is 19.5 Å². The number of nitrogens with two attached hydrogens (primary N) is 1. The van der Waals surface area contributed by atoms with Crippen LogP contribution < -0.4 is 5.73 Å². The Morgan fingerprint density at radius 2 is 1.88 bits per heavy atom. The van der Waals surface area contributed by atoms with Crippen LogP contribution in [0.1, 0.15) is 17.0 Å². The maximum atomic E-state index is 8.94. The van der Waals surface area contributed by atoms with Crippen LogP contribution in [0.25, 0.3) is 5.95 Å². The molecule has 2 aromatic rings. The summed E-state index contributed by atoms with van der Waals surface area (Å²) in [6.45, 7) is 0.346. The summed E-state index contributed by atoms with van der Waals surface area (Å²) in [4.78, 5) is 11.9. The Kier molecular flexibility index (Phi) is 2.77. The van der Waals surface area contributed by atoms with Gasteiger partial charge >= 0.3 is 0 Å². The van der Waals surface area contributed by atoms with E-state index in [1.165, 1.54) is 10.9 Å². The highest BCUT2D eigenvalue weighted by atomic mass is 15.2. The summed E-state index contributed by atoms with van der Waals surface area (Å²) >= 11 is 0. The van der Waals surface area contributed by atoms with Crippen LogP contribution in [0.2, 0.25) is 0 Å². The number of aromatic nitrogens is 4. The van der Waals surface area contributed by atoms with E-state index in [1.807, 2.05) is 12.1 Å². The van der Waals surface area contributed by atoms with Crippen molar-refractivity contribution in [2.24, 2.45) is 5.73 Å². The monoisotopic (exact) mass is 225 g/mol. The molecule has 7 heteroatoms. The molecule has 2 heterocycles. The molecule has 0 spiro atoms. The number of nitrogens with zero attached hydrogens (tertiary/aromatic N) is 6. The van der Waals surface area contributed by atoms with Gasteiger partial charge in [-0.15, -0.1) is 0 Å². The van der Waals surface area contributed by atoms with E-state index in [0.717, 1.165) is 5.56 Å². The van der Waals surface area contributed by atoms with Crippen LogP contribution in [0.15, 0.2) is 18.7 Å². The Morgan fingerprint density at radius 1 is 1.18 bits per heavy atom. The van der Waals surface area contributed by atoms with Crippen LogP contribution in [0.3, 0.4) is 0 Å². The Labute approximate surface area is 96.8 Å². The van der Waals surface area contributed by atoms with Crippen molar-refractivity contribution in [2.75, 3.05) is 0 Å². The third-order valence-electron chi connectivity index (χ3n) is 2.12. The summed E-state index contributed by atoms with van der Waals surface area (Å²) in [6, 6.07) is 3.72. The van der Waals surface area contributed by atoms with Gasteiger partial charge in [0, 0.05) is 24.5 Å². The van der Waals surface area contributed by atoms with E-state index in [0.29, 0.717) is 6.54 Å². The zero-order valence-electron chi connectivity index (χ0n) is 8.70. The molecule has 82 valence electrons. The Balaban J connectivity index is 2.50. The molecular weight excluding hydrogens is 218 g/mol. The number of hydrogen-bond donors (Lipinski definition) is 1. The molecule has 2 rings (SSSR count). The normalized spacial score (nSPS) is 9.59. The molecule has 0 bridgehead atoms. The van der Waals surface area contributed by atoms with Gasteiger partial charge in [0.05, 0.1) is 0 Å². The number of hydrogen-bond acceptors (Lipinski definition) is 6. The van der Waals surface area contributed by atoms with Crippen molar-refractivity contribution >= 4 is 0 Å². The van der Waals surface area contributed by atoms with Gasteiger partial charge in [-0.3, -0.25) is 4.57 Å². The first-order chi connectivity index (χ1) is 8.30. The van der Waals surface area contributed by atoms with Gasteiger partial charge in [-0.05, 0) is 0 Å². The summed E-state index contributed by atoms with van der Waals surface area (Å²) in [6.07, 6.45) is 4.47. The number of nitriles is 2. The van der Waals surface area contributed by atoms with Crippen LogP contribution in [0.4, 0.5) is 0 Å². The molecule has 0 fully saturated rings. The van der Waals surface area contributed by atoms with Crippen LogP contribution in [-0.2, 0) is 6.54 Å². The van der Waals surface area contributed by atoms with E-state index in [9.17, 15) is 0 Å². The molecule has 0 aliphatic carbocycles. The Morgan fingerprint density at radius 3 is 2.41 bits per heavy atom.